The average Bonchev–Trinajstić information content (AvgIpc) is 3.07. The maximum absolute atomic E-state index is 13.7. The second-order valence-electron chi connectivity index (χ2n) is 6.63. The molecule has 0 aliphatic rings. The molecule has 3 rings (SSSR count). The van der Waals surface area contributed by atoms with E-state index in [9.17, 15) is 13.2 Å². The second kappa shape index (κ2) is 8.90. The number of methoxy groups -OCH3 is 1. The average molecular weight is 443 g/mol. The first-order valence-corrected chi connectivity index (χ1v) is 10.7. The van der Waals surface area contributed by atoms with Gasteiger partial charge in [-0.15, -0.1) is 11.8 Å². The summed E-state index contributed by atoms with van der Waals surface area (Å²) in [5.41, 5.74) is 6.95. The van der Waals surface area contributed by atoms with Crippen LogP contribution in [0, 0.1) is 0 Å². The van der Waals surface area contributed by atoms with E-state index in [-0.39, 0.29) is 5.52 Å². The lowest BCUT2D eigenvalue weighted by Gasteiger charge is -2.11. The lowest BCUT2D eigenvalue weighted by Crippen LogP contribution is -2.05. The highest BCUT2D eigenvalue weighted by Crippen LogP contribution is 2.44. The Morgan fingerprint density at radius 2 is 1.93 bits per heavy atom. The summed E-state index contributed by atoms with van der Waals surface area (Å²) >= 11 is 7.93. The van der Waals surface area contributed by atoms with E-state index in [1.807, 2.05) is 24.5 Å². The molecule has 3 aromatic rings. The summed E-state index contributed by atoms with van der Waals surface area (Å²) in [6.45, 7) is 0.518. The molecule has 0 saturated heterocycles. The van der Waals surface area contributed by atoms with Crippen molar-refractivity contribution in [3.8, 4) is 17.0 Å². The van der Waals surface area contributed by atoms with Crippen molar-refractivity contribution in [2.45, 2.75) is 30.3 Å². The zero-order chi connectivity index (χ0) is 21.2. The highest BCUT2D eigenvalue weighted by atomic mass is 35.5. The van der Waals surface area contributed by atoms with Gasteiger partial charge in [-0.25, -0.2) is 0 Å². The van der Waals surface area contributed by atoms with Gasteiger partial charge in [0.05, 0.1) is 28.9 Å². The molecule has 1 heterocycles. The van der Waals surface area contributed by atoms with Gasteiger partial charge in [-0.3, -0.25) is 0 Å². The van der Waals surface area contributed by atoms with Gasteiger partial charge >= 0.3 is 6.18 Å². The molecule has 0 radical (unpaired) electrons. The molecule has 0 bridgehead atoms. The van der Waals surface area contributed by atoms with Gasteiger partial charge in [0.25, 0.3) is 0 Å². The lowest BCUT2D eigenvalue weighted by atomic mass is 9.98. The SMILES string of the molecule is COc1ccc(SC)cc1-c1[nH]c2c(C(F)(F)F)ccc(Cl)c2c1CCCCN. The molecule has 8 heteroatoms. The van der Waals surface area contributed by atoms with E-state index in [1.165, 1.54) is 6.07 Å². The normalized spacial score (nSPS) is 12.0. The van der Waals surface area contributed by atoms with E-state index in [0.29, 0.717) is 40.4 Å². The van der Waals surface area contributed by atoms with Crippen molar-refractivity contribution in [1.82, 2.24) is 4.98 Å². The summed E-state index contributed by atoms with van der Waals surface area (Å²) in [6, 6.07) is 7.98. The summed E-state index contributed by atoms with van der Waals surface area (Å²) in [4.78, 5) is 4.01. The van der Waals surface area contributed by atoms with Crippen LogP contribution < -0.4 is 10.5 Å². The molecule has 3 nitrogen and oxygen atoms in total. The van der Waals surface area contributed by atoms with Gasteiger partial charge in [0.1, 0.15) is 5.75 Å². The first-order chi connectivity index (χ1) is 13.8. The third kappa shape index (κ3) is 4.37. The van der Waals surface area contributed by atoms with Gasteiger partial charge in [-0.05, 0) is 68.0 Å². The van der Waals surface area contributed by atoms with Crippen LogP contribution in [0.5, 0.6) is 5.75 Å². The Morgan fingerprint density at radius 1 is 1.17 bits per heavy atom. The Kier molecular flexibility index (Phi) is 6.71. The number of aromatic nitrogens is 1. The summed E-state index contributed by atoms with van der Waals surface area (Å²) < 4.78 is 46.5. The zero-order valence-corrected chi connectivity index (χ0v) is 17.7. The van der Waals surface area contributed by atoms with Crippen LogP contribution in [0.15, 0.2) is 35.2 Å². The third-order valence-electron chi connectivity index (χ3n) is 4.87. The molecule has 0 saturated carbocycles. The number of alkyl halides is 3. The van der Waals surface area contributed by atoms with Crippen molar-refractivity contribution in [2.75, 3.05) is 19.9 Å². The van der Waals surface area contributed by atoms with Crippen LogP contribution in [0.2, 0.25) is 5.02 Å². The minimum atomic E-state index is -4.50. The molecule has 0 atom stereocenters. The Bertz CT molecular complexity index is 1020. The number of hydrogen-bond acceptors (Lipinski definition) is 3. The summed E-state index contributed by atoms with van der Waals surface area (Å²) in [5, 5.41) is 0.698. The molecule has 1 aromatic heterocycles. The van der Waals surface area contributed by atoms with Crippen LogP contribution in [0.1, 0.15) is 24.0 Å². The largest absolute Gasteiger partial charge is 0.496 e. The number of aromatic amines is 1. The molecule has 29 heavy (non-hydrogen) atoms. The number of fused-ring (bicyclic) bond motifs is 1. The van der Waals surface area contributed by atoms with Crippen molar-refractivity contribution >= 4 is 34.3 Å². The van der Waals surface area contributed by atoms with E-state index in [2.05, 4.69) is 4.98 Å². The second-order valence-corrected chi connectivity index (χ2v) is 7.92. The molecule has 0 spiro atoms. The number of hydrogen-bond donors (Lipinski definition) is 2. The van der Waals surface area contributed by atoms with Gasteiger partial charge in [0.15, 0.2) is 0 Å². The van der Waals surface area contributed by atoms with Gasteiger partial charge in [0, 0.05) is 15.8 Å². The van der Waals surface area contributed by atoms with Crippen molar-refractivity contribution in [3.63, 3.8) is 0 Å². The van der Waals surface area contributed by atoms with Crippen molar-refractivity contribution < 1.29 is 17.9 Å². The fourth-order valence-corrected chi connectivity index (χ4v) is 4.21. The number of thioether (sulfide) groups is 1. The molecule has 0 unspecified atom stereocenters. The monoisotopic (exact) mass is 442 g/mol. The van der Waals surface area contributed by atoms with Crippen molar-refractivity contribution in [2.24, 2.45) is 5.73 Å². The molecular weight excluding hydrogens is 421 g/mol. The highest BCUT2D eigenvalue weighted by molar-refractivity contribution is 7.98. The number of aryl methyl sites for hydroxylation is 1. The summed E-state index contributed by atoms with van der Waals surface area (Å²) in [7, 11) is 1.54. The number of nitrogens with one attached hydrogen (secondary N) is 1. The topological polar surface area (TPSA) is 51.0 Å². The molecule has 0 amide bonds. The van der Waals surface area contributed by atoms with Crippen LogP contribution in [0.3, 0.4) is 0 Å². The molecular formula is C21H22ClF3N2OS. The minimum Gasteiger partial charge on any atom is -0.496 e. The zero-order valence-electron chi connectivity index (χ0n) is 16.1. The maximum atomic E-state index is 13.7. The van der Waals surface area contributed by atoms with E-state index in [0.717, 1.165) is 29.4 Å². The summed E-state index contributed by atoms with van der Waals surface area (Å²) in [5.74, 6) is 0.583. The van der Waals surface area contributed by atoms with Crippen LogP contribution in [0.4, 0.5) is 13.2 Å². The van der Waals surface area contributed by atoms with Gasteiger partial charge in [-0.2, -0.15) is 13.2 Å². The highest BCUT2D eigenvalue weighted by Gasteiger charge is 2.35. The predicted octanol–water partition coefficient (Wildman–Crippen LogP) is 6.52. The van der Waals surface area contributed by atoms with Gasteiger partial charge < -0.3 is 15.5 Å². The van der Waals surface area contributed by atoms with Gasteiger partial charge in [-0.1, -0.05) is 11.6 Å². The Balaban J connectivity index is 2.34. The molecule has 0 aliphatic heterocycles. The smallest absolute Gasteiger partial charge is 0.418 e. The first kappa shape index (κ1) is 21.9. The molecule has 0 aliphatic carbocycles. The van der Waals surface area contributed by atoms with E-state index < -0.39 is 11.7 Å². The molecule has 3 N–H and O–H groups in total. The van der Waals surface area contributed by atoms with E-state index >= 15 is 0 Å². The number of nitrogens with two attached hydrogens (primary N) is 1. The Hall–Kier alpha value is -1.83. The number of unbranched alkanes of at least 4 members (excludes halogenated alkanes) is 1. The quantitative estimate of drug-likeness (QED) is 0.323. The number of H-pyrrole nitrogens is 1. The Morgan fingerprint density at radius 3 is 2.55 bits per heavy atom. The standard InChI is InChI=1S/C21H22ClF3N2OS/c1-28-17-9-6-12(29-2)11-14(17)19-13(5-3-4-10-26)18-16(22)8-7-15(20(18)27-19)21(23,24)25/h6-9,11,27H,3-5,10,26H2,1-2H3. The minimum absolute atomic E-state index is 0.000596. The van der Waals surface area contributed by atoms with E-state index in [1.54, 1.807) is 18.9 Å². The van der Waals surface area contributed by atoms with Crippen molar-refractivity contribution in [1.29, 1.82) is 0 Å². The number of rotatable bonds is 7. The molecule has 156 valence electrons. The van der Waals surface area contributed by atoms with Crippen LogP contribution >= 0.6 is 23.4 Å². The van der Waals surface area contributed by atoms with Crippen LogP contribution in [0.25, 0.3) is 22.2 Å². The van der Waals surface area contributed by atoms with E-state index in [4.69, 9.17) is 22.1 Å². The first-order valence-electron chi connectivity index (χ1n) is 9.14. The third-order valence-corrected chi connectivity index (χ3v) is 5.91. The van der Waals surface area contributed by atoms with Crippen molar-refractivity contribution in [3.05, 3.63) is 46.5 Å². The maximum Gasteiger partial charge on any atom is 0.418 e. The van der Waals surface area contributed by atoms with Gasteiger partial charge in [0.2, 0.25) is 0 Å². The fraction of sp³-hybridized carbons (Fsp3) is 0.333. The van der Waals surface area contributed by atoms with Crippen LogP contribution in [-0.4, -0.2) is 24.9 Å². The Labute approximate surface area is 176 Å². The predicted molar refractivity (Wildman–Crippen MR) is 114 cm³/mol. The lowest BCUT2D eigenvalue weighted by molar-refractivity contribution is -0.136. The number of halogens is 4. The number of benzene rings is 2. The summed E-state index contributed by atoms with van der Waals surface area (Å²) in [6.07, 6.45) is -0.485. The molecule has 0 fully saturated rings. The fourth-order valence-electron chi connectivity index (χ4n) is 3.50. The van der Waals surface area contributed by atoms with Crippen LogP contribution in [-0.2, 0) is 12.6 Å². The molecule has 2 aromatic carbocycles. The number of ether oxygens (including phenoxy) is 1.